The number of hydrogen-bond donors (Lipinski definition) is 3. The smallest absolute Gasteiger partial charge is 0.225 e. The third kappa shape index (κ3) is 2.48. The highest BCUT2D eigenvalue weighted by atomic mass is 16.5. The molecule has 0 aliphatic carbocycles. The van der Waals surface area contributed by atoms with Crippen LogP contribution in [-0.4, -0.2) is 31.7 Å². The summed E-state index contributed by atoms with van der Waals surface area (Å²) in [5, 5.41) is 8.90. The number of nitrogens with zero attached hydrogens (tertiary/aromatic N) is 4. The second kappa shape index (κ2) is 5.93. The highest BCUT2D eigenvalue weighted by Crippen LogP contribution is 2.33. The van der Waals surface area contributed by atoms with Crippen LogP contribution in [0.3, 0.4) is 0 Å². The number of aromatic nitrogens is 4. The number of imidazole rings is 1. The Morgan fingerprint density at radius 3 is 2.83 bits per heavy atom. The van der Waals surface area contributed by atoms with Crippen molar-refractivity contribution in [1.82, 2.24) is 25.4 Å². The third-order valence-corrected chi connectivity index (χ3v) is 4.35. The summed E-state index contributed by atoms with van der Waals surface area (Å²) in [5.41, 5.74) is 5.06. The molecule has 7 heteroatoms. The average molecular weight is 322 g/mol. The molecule has 0 saturated carbocycles. The summed E-state index contributed by atoms with van der Waals surface area (Å²) >= 11 is 0. The van der Waals surface area contributed by atoms with E-state index in [2.05, 4.69) is 26.4 Å². The summed E-state index contributed by atoms with van der Waals surface area (Å²) in [7, 11) is 0. The summed E-state index contributed by atoms with van der Waals surface area (Å²) in [6, 6.07) is 8.17. The van der Waals surface area contributed by atoms with Crippen molar-refractivity contribution in [1.29, 1.82) is 0 Å². The number of nitrogens with one attached hydrogen (secondary N) is 2. The van der Waals surface area contributed by atoms with Gasteiger partial charge in [-0.25, -0.2) is 15.0 Å². The second-order valence-corrected chi connectivity index (χ2v) is 5.85. The van der Waals surface area contributed by atoms with Crippen molar-refractivity contribution in [2.24, 2.45) is 0 Å². The van der Waals surface area contributed by atoms with Gasteiger partial charge in [0.25, 0.3) is 0 Å². The zero-order chi connectivity index (χ0) is 16.5. The van der Waals surface area contributed by atoms with E-state index in [0.29, 0.717) is 17.2 Å². The number of para-hydroxylation sites is 2. The Hall–Kier alpha value is -2.93. The molecule has 2 aromatic heterocycles. The first-order valence-electron chi connectivity index (χ1n) is 7.89. The largest absolute Gasteiger partial charge is 0.340 e. The summed E-state index contributed by atoms with van der Waals surface area (Å²) < 4.78 is 0. The number of anilines is 1. The summed E-state index contributed by atoms with van der Waals surface area (Å²) in [6.45, 7) is 4.58. The van der Waals surface area contributed by atoms with Gasteiger partial charge in [0, 0.05) is 24.5 Å². The lowest BCUT2D eigenvalue weighted by Crippen LogP contribution is -2.25. The molecule has 1 atom stereocenters. The molecule has 0 bridgehead atoms. The van der Waals surface area contributed by atoms with E-state index in [4.69, 9.17) is 10.2 Å². The van der Waals surface area contributed by atoms with Crippen LogP contribution in [0.1, 0.15) is 30.3 Å². The van der Waals surface area contributed by atoms with Crippen LogP contribution in [0.5, 0.6) is 0 Å². The van der Waals surface area contributed by atoms with Crippen molar-refractivity contribution in [3.8, 4) is 0 Å². The number of aromatic amines is 1. The predicted octanol–water partition coefficient (Wildman–Crippen LogP) is 2.64. The lowest BCUT2D eigenvalue weighted by atomic mass is 10.2. The molecule has 24 heavy (non-hydrogen) atoms. The molecule has 0 unspecified atom stereocenters. The normalized spacial score (nSPS) is 17.4. The van der Waals surface area contributed by atoms with Gasteiger partial charge >= 0.3 is 0 Å². The first-order chi connectivity index (χ1) is 11.8. The van der Waals surface area contributed by atoms with Crippen LogP contribution in [0.2, 0.25) is 0 Å². The summed E-state index contributed by atoms with van der Waals surface area (Å²) in [4.78, 5) is 19.1. The molecule has 0 amide bonds. The van der Waals surface area contributed by atoms with Gasteiger partial charge in [-0.1, -0.05) is 18.7 Å². The van der Waals surface area contributed by atoms with Crippen molar-refractivity contribution in [2.45, 2.75) is 18.9 Å². The molecule has 4 rings (SSSR count). The minimum Gasteiger partial charge on any atom is -0.340 e. The van der Waals surface area contributed by atoms with Gasteiger partial charge in [0.05, 0.1) is 22.8 Å². The van der Waals surface area contributed by atoms with Gasteiger partial charge in [-0.05, 0) is 25.0 Å². The number of fused-ring (bicyclic) bond motifs is 1. The van der Waals surface area contributed by atoms with E-state index >= 15 is 0 Å². The minimum atomic E-state index is 0.141. The molecule has 1 saturated heterocycles. The topological polar surface area (TPSA) is 90.0 Å². The number of rotatable bonds is 4. The van der Waals surface area contributed by atoms with Gasteiger partial charge < -0.3 is 9.88 Å². The molecule has 1 aliphatic rings. The standard InChI is InChI=1S/C17H18N6O/c1-11(22-24)12-9-18-17(19-10-12)23-8-4-7-15(23)16-20-13-5-2-3-6-14(13)21-16/h2-3,5-6,9-10,15,22,24H,1,4,7-8H2,(H,20,21)/t15-/m0/s1. The van der Waals surface area contributed by atoms with Crippen LogP contribution in [0.25, 0.3) is 16.7 Å². The van der Waals surface area contributed by atoms with E-state index in [0.717, 1.165) is 36.2 Å². The van der Waals surface area contributed by atoms with Gasteiger partial charge in [0.1, 0.15) is 5.82 Å². The highest BCUT2D eigenvalue weighted by molar-refractivity contribution is 5.75. The maximum Gasteiger partial charge on any atom is 0.225 e. The fourth-order valence-corrected chi connectivity index (χ4v) is 3.11. The van der Waals surface area contributed by atoms with Crippen LogP contribution in [0, 0.1) is 0 Å². The van der Waals surface area contributed by atoms with Gasteiger partial charge in [-0.3, -0.25) is 10.7 Å². The lowest BCUT2D eigenvalue weighted by Gasteiger charge is -2.23. The molecular weight excluding hydrogens is 304 g/mol. The van der Waals surface area contributed by atoms with Crippen LogP contribution < -0.4 is 10.4 Å². The number of H-pyrrole nitrogens is 1. The molecule has 1 fully saturated rings. The first-order valence-corrected chi connectivity index (χ1v) is 7.89. The summed E-state index contributed by atoms with van der Waals surface area (Å²) in [6.07, 6.45) is 5.39. The molecule has 7 nitrogen and oxygen atoms in total. The zero-order valence-electron chi connectivity index (χ0n) is 13.1. The van der Waals surface area contributed by atoms with Gasteiger partial charge in [0.2, 0.25) is 5.95 Å². The zero-order valence-corrected chi connectivity index (χ0v) is 13.1. The fourth-order valence-electron chi connectivity index (χ4n) is 3.11. The van der Waals surface area contributed by atoms with Crippen molar-refractivity contribution in [2.75, 3.05) is 11.4 Å². The molecule has 0 spiro atoms. The van der Waals surface area contributed by atoms with Gasteiger partial charge in [-0.15, -0.1) is 0 Å². The Balaban J connectivity index is 1.63. The number of hydroxylamine groups is 1. The fraction of sp³-hybridized carbons (Fsp3) is 0.235. The first kappa shape index (κ1) is 14.6. The molecule has 0 radical (unpaired) electrons. The second-order valence-electron chi connectivity index (χ2n) is 5.85. The third-order valence-electron chi connectivity index (χ3n) is 4.35. The highest BCUT2D eigenvalue weighted by Gasteiger charge is 2.30. The molecular formula is C17H18N6O. The minimum absolute atomic E-state index is 0.141. The Labute approximate surface area is 139 Å². The Morgan fingerprint density at radius 2 is 2.08 bits per heavy atom. The van der Waals surface area contributed by atoms with Crippen LogP contribution in [0.4, 0.5) is 5.95 Å². The maximum absolute atomic E-state index is 8.90. The average Bonchev–Trinajstić information content (AvgIpc) is 3.27. The quantitative estimate of drug-likeness (QED) is 0.640. The van der Waals surface area contributed by atoms with E-state index in [1.54, 1.807) is 12.4 Å². The predicted molar refractivity (Wildman–Crippen MR) is 91.4 cm³/mol. The van der Waals surface area contributed by atoms with E-state index < -0.39 is 0 Å². The van der Waals surface area contributed by atoms with Crippen molar-refractivity contribution in [3.63, 3.8) is 0 Å². The van der Waals surface area contributed by atoms with Crippen molar-refractivity contribution in [3.05, 3.63) is 54.6 Å². The lowest BCUT2D eigenvalue weighted by molar-refractivity contribution is 0.225. The van der Waals surface area contributed by atoms with Gasteiger partial charge in [-0.2, -0.15) is 0 Å². The molecule has 3 aromatic rings. The molecule has 122 valence electrons. The van der Waals surface area contributed by atoms with Crippen LogP contribution in [0.15, 0.2) is 43.2 Å². The monoisotopic (exact) mass is 322 g/mol. The van der Waals surface area contributed by atoms with E-state index in [1.165, 1.54) is 0 Å². The molecule has 3 heterocycles. The van der Waals surface area contributed by atoms with Crippen LogP contribution >= 0.6 is 0 Å². The molecule has 1 aliphatic heterocycles. The number of hydrogen-bond acceptors (Lipinski definition) is 6. The van der Waals surface area contributed by atoms with Crippen LogP contribution in [-0.2, 0) is 0 Å². The van der Waals surface area contributed by atoms with E-state index in [9.17, 15) is 0 Å². The maximum atomic E-state index is 8.90. The van der Waals surface area contributed by atoms with E-state index in [-0.39, 0.29) is 6.04 Å². The Morgan fingerprint density at radius 1 is 1.29 bits per heavy atom. The molecule has 1 aromatic carbocycles. The van der Waals surface area contributed by atoms with Gasteiger partial charge in [0.15, 0.2) is 0 Å². The van der Waals surface area contributed by atoms with E-state index in [1.807, 2.05) is 29.7 Å². The Bertz CT molecular complexity index is 839. The van der Waals surface area contributed by atoms with Crippen molar-refractivity contribution >= 4 is 22.7 Å². The Kier molecular flexibility index (Phi) is 3.62. The molecule has 3 N–H and O–H groups in total. The summed E-state index contributed by atoms with van der Waals surface area (Å²) in [5.74, 6) is 1.61. The SMILES string of the molecule is C=C(NO)c1cnc(N2CCC[C@H]2c2nc3ccccc3[nH]2)nc1. The van der Waals surface area contributed by atoms with Crippen molar-refractivity contribution < 1.29 is 5.21 Å². The number of benzene rings is 1.